The first-order valence-electron chi connectivity index (χ1n) is 23.0. The number of hydrogen-bond acceptors (Lipinski definition) is 19. The van der Waals surface area contributed by atoms with Crippen LogP contribution in [0.15, 0.2) is 0 Å². The molecule has 0 radical (unpaired) electrons. The summed E-state index contributed by atoms with van der Waals surface area (Å²) in [5, 5.41) is 9.29. The summed E-state index contributed by atoms with van der Waals surface area (Å²) in [6.45, 7) is 15.8. The van der Waals surface area contributed by atoms with Crippen LogP contribution in [-0.4, -0.2) is 246 Å². The molecular weight excluding hydrogens is 900 g/mol. The molecule has 0 aromatic heterocycles. The number of rotatable bonds is 52. The average Bonchev–Trinajstić information content (AvgIpc) is 3.86. The Morgan fingerprint density at radius 2 is 0.785 bits per heavy atom. The molecule has 0 aliphatic carbocycles. The van der Waals surface area contributed by atoms with Crippen LogP contribution in [0.25, 0.3) is 0 Å². The van der Waals surface area contributed by atoms with Crippen LogP contribution in [0.4, 0.5) is 4.79 Å². The van der Waals surface area contributed by atoms with E-state index in [1.54, 1.807) is 0 Å². The number of carbonyl (C=O) groups is 2. The van der Waals surface area contributed by atoms with Gasteiger partial charge < -0.3 is 92.7 Å². The summed E-state index contributed by atoms with van der Waals surface area (Å²) >= 11 is 1.90. The van der Waals surface area contributed by atoms with E-state index in [-0.39, 0.29) is 36.4 Å². The lowest BCUT2D eigenvalue weighted by atomic mass is 10.0. The molecule has 2 aliphatic rings. The average molecular weight is 984 g/mol. The van der Waals surface area contributed by atoms with Gasteiger partial charge in [-0.25, -0.2) is 4.79 Å². The van der Waals surface area contributed by atoms with Crippen LogP contribution in [0.5, 0.6) is 0 Å². The highest BCUT2D eigenvalue weighted by Gasteiger charge is 2.42. The first-order valence-corrected chi connectivity index (χ1v) is 24.1. The van der Waals surface area contributed by atoms with Gasteiger partial charge >= 0.3 is 6.03 Å². The van der Waals surface area contributed by atoms with Crippen molar-refractivity contribution >= 4 is 36.1 Å². The maximum atomic E-state index is 12.1. The van der Waals surface area contributed by atoms with Gasteiger partial charge in [-0.1, -0.05) is 6.42 Å². The Labute approximate surface area is 397 Å². The molecule has 2 saturated heterocycles. The third kappa shape index (κ3) is 40.3. The van der Waals surface area contributed by atoms with Crippen LogP contribution in [0.2, 0.25) is 0 Å². The third-order valence-corrected chi connectivity index (χ3v) is 10.6. The van der Waals surface area contributed by atoms with Gasteiger partial charge in [0.25, 0.3) is 0 Å². The number of fused-ring (bicyclic) bond motifs is 1. The fourth-order valence-electron chi connectivity index (χ4n) is 5.89. The quantitative estimate of drug-likeness (QED) is 0.0479. The number of ether oxygens (including phenoxy) is 15. The Bertz CT molecular complexity index is 1040. The van der Waals surface area contributed by atoms with E-state index in [2.05, 4.69) is 16.0 Å². The van der Waals surface area contributed by atoms with Gasteiger partial charge in [0, 0.05) is 30.5 Å². The summed E-state index contributed by atoms with van der Waals surface area (Å²) in [4.78, 5) is 23.5. The molecule has 3 atom stereocenters. The van der Waals surface area contributed by atoms with Gasteiger partial charge in [0.05, 0.1) is 210 Å². The molecule has 0 saturated carbocycles. The van der Waals surface area contributed by atoms with E-state index >= 15 is 0 Å². The molecule has 2 aliphatic heterocycles. The Morgan fingerprint density at radius 3 is 1.11 bits per heavy atom. The monoisotopic (exact) mass is 983 g/mol. The number of amides is 3. The summed E-state index contributed by atoms with van der Waals surface area (Å²) in [7, 11) is 0. The predicted octanol–water partition coefficient (Wildman–Crippen LogP) is 0.458. The van der Waals surface area contributed by atoms with Crippen LogP contribution in [0, 0.1) is 0 Å². The smallest absolute Gasteiger partial charge is 0.315 e. The van der Waals surface area contributed by atoms with Gasteiger partial charge in [0.2, 0.25) is 5.91 Å². The molecule has 3 amide bonds. The Balaban J connectivity index is 0.0000211. The number of nitrogens with one attached hydrogen (secondary N) is 3. The van der Waals surface area contributed by atoms with Gasteiger partial charge in [-0.2, -0.15) is 11.8 Å². The van der Waals surface area contributed by atoms with Crippen molar-refractivity contribution in [3.05, 3.63) is 0 Å². The van der Waals surface area contributed by atoms with Crippen LogP contribution in [-0.2, 0) is 75.8 Å². The van der Waals surface area contributed by atoms with Crippen molar-refractivity contribution in [2.24, 2.45) is 5.73 Å². The maximum Gasteiger partial charge on any atom is 0.315 e. The van der Waals surface area contributed by atoms with Crippen molar-refractivity contribution in [3.63, 3.8) is 0 Å². The lowest BCUT2D eigenvalue weighted by molar-refractivity contribution is -0.121. The van der Waals surface area contributed by atoms with Gasteiger partial charge in [-0.05, 0) is 12.8 Å². The lowest BCUT2D eigenvalue weighted by Crippen LogP contribution is -2.36. The van der Waals surface area contributed by atoms with E-state index < -0.39 is 0 Å². The van der Waals surface area contributed by atoms with E-state index in [4.69, 9.17) is 76.8 Å². The standard InChI is InChI=1S/C42H82N4O17S.ClH/c43-5-7-49-9-11-51-13-15-53-17-19-55-21-23-57-25-27-59-29-31-61-33-35-63-36-34-62-32-30-60-28-26-58-24-22-56-20-18-54-16-14-52-12-10-50-8-6-44-40(47)4-2-1-3-39-41-38(37-64-39)45-42(48)46-41;/h38-39,41H,1-37,43H2,(H,44,47)(H2,45,46,48);1H/t38-,39-,41-;/m0./s1. The summed E-state index contributed by atoms with van der Waals surface area (Å²) < 4.78 is 82.0. The molecule has 0 aromatic carbocycles. The van der Waals surface area contributed by atoms with Crippen molar-refractivity contribution in [1.82, 2.24) is 16.0 Å². The zero-order valence-electron chi connectivity index (χ0n) is 38.7. The van der Waals surface area contributed by atoms with Gasteiger partial charge in [-0.3, -0.25) is 4.79 Å². The summed E-state index contributed by atoms with van der Waals surface area (Å²) in [5.74, 6) is 0.997. The van der Waals surface area contributed by atoms with E-state index in [0.29, 0.717) is 223 Å². The molecule has 5 N–H and O–H groups in total. The molecule has 65 heavy (non-hydrogen) atoms. The molecule has 2 rings (SSSR count). The molecular formula is C42H83ClN4O17S. The van der Waals surface area contributed by atoms with Crippen LogP contribution >= 0.6 is 24.2 Å². The van der Waals surface area contributed by atoms with Gasteiger partial charge in [0.15, 0.2) is 0 Å². The third-order valence-electron chi connectivity index (χ3n) is 9.12. The topological polar surface area (TPSA) is 235 Å². The molecule has 0 unspecified atom stereocenters. The second-order valence-electron chi connectivity index (χ2n) is 14.2. The number of carbonyl (C=O) groups excluding carboxylic acids is 2. The highest BCUT2D eigenvalue weighted by Crippen LogP contribution is 2.33. The number of hydrogen-bond donors (Lipinski definition) is 4. The minimum atomic E-state index is -0.0626. The van der Waals surface area contributed by atoms with E-state index in [9.17, 15) is 9.59 Å². The van der Waals surface area contributed by atoms with Crippen molar-refractivity contribution in [3.8, 4) is 0 Å². The molecule has 21 nitrogen and oxygen atoms in total. The van der Waals surface area contributed by atoms with E-state index in [1.165, 1.54) is 0 Å². The number of nitrogens with two attached hydrogens (primary N) is 1. The first kappa shape index (κ1) is 61.8. The Kier molecular flexibility index (Phi) is 46.7. The van der Waals surface area contributed by atoms with Crippen LogP contribution in [0.1, 0.15) is 25.7 Å². The Hall–Kier alpha value is -1.26. The van der Waals surface area contributed by atoms with E-state index in [1.807, 2.05) is 11.8 Å². The second kappa shape index (κ2) is 49.2. The lowest BCUT2D eigenvalue weighted by Gasteiger charge is -2.16. The molecule has 2 fully saturated rings. The summed E-state index contributed by atoms with van der Waals surface area (Å²) in [6, 6.07) is 0.398. The Morgan fingerprint density at radius 1 is 0.477 bits per heavy atom. The summed E-state index contributed by atoms with van der Waals surface area (Å²) in [5.41, 5.74) is 5.34. The molecule has 23 heteroatoms. The predicted molar refractivity (Wildman–Crippen MR) is 246 cm³/mol. The number of unbranched alkanes of at least 4 members (excludes halogenated alkanes) is 1. The van der Waals surface area contributed by atoms with Crippen molar-refractivity contribution < 1.29 is 80.6 Å². The van der Waals surface area contributed by atoms with Gasteiger partial charge in [0.1, 0.15) is 0 Å². The molecule has 0 spiro atoms. The first-order chi connectivity index (χ1) is 31.7. The zero-order valence-corrected chi connectivity index (χ0v) is 40.4. The molecule has 0 bridgehead atoms. The van der Waals surface area contributed by atoms with Crippen molar-refractivity contribution in [2.45, 2.75) is 43.0 Å². The number of halogens is 1. The van der Waals surface area contributed by atoms with Gasteiger partial charge in [-0.15, -0.1) is 12.4 Å². The fourth-order valence-corrected chi connectivity index (χ4v) is 7.43. The fraction of sp³-hybridized carbons (Fsp3) is 0.952. The summed E-state index contributed by atoms with van der Waals surface area (Å²) in [6.07, 6.45) is 3.32. The number of urea groups is 1. The number of thioether (sulfide) groups is 1. The van der Waals surface area contributed by atoms with Crippen LogP contribution in [0.3, 0.4) is 0 Å². The van der Waals surface area contributed by atoms with Crippen molar-refractivity contribution in [2.75, 3.05) is 217 Å². The molecule has 0 aromatic rings. The minimum absolute atomic E-state index is 0. The second-order valence-corrected chi connectivity index (χ2v) is 15.5. The van der Waals surface area contributed by atoms with Crippen molar-refractivity contribution in [1.29, 1.82) is 0 Å². The molecule has 386 valence electrons. The highest BCUT2D eigenvalue weighted by atomic mass is 35.5. The SMILES string of the molecule is Cl.NCCOCCOCCOCCOCCOCCOCCOCCOCCOCCOCCOCCOCCOCCOCCOCCNC(=O)CCCC[C@@H]1SC[C@@H]2NC(=O)N[C@@H]21. The van der Waals surface area contributed by atoms with E-state index in [0.717, 1.165) is 25.0 Å². The highest BCUT2D eigenvalue weighted by molar-refractivity contribution is 8.00. The maximum absolute atomic E-state index is 12.1. The molecule has 2 heterocycles. The largest absolute Gasteiger partial charge is 0.378 e. The zero-order chi connectivity index (χ0) is 45.5. The van der Waals surface area contributed by atoms with Crippen LogP contribution < -0.4 is 21.7 Å². The minimum Gasteiger partial charge on any atom is -0.378 e. The normalized spacial score (nSPS) is 16.7.